The summed E-state index contributed by atoms with van der Waals surface area (Å²) in [6.07, 6.45) is 2.56. The highest BCUT2D eigenvalue weighted by Gasteiger charge is 2.27. The van der Waals surface area contributed by atoms with E-state index in [1.54, 1.807) is 0 Å². The summed E-state index contributed by atoms with van der Waals surface area (Å²) in [5.74, 6) is -1.98. The Hall–Kier alpha value is -2.05. The predicted octanol–water partition coefficient (Wildman–Crippen LogP) is 1.87. The lowest BCUT2D eigenvalue weighted by Crippen LogP contribution is -2.28. The zero-order chi connectivity index (χ0) is 12.4. The molecule has 90 valence electrons. The predicted molar refractivity (Wildman–Crippen MR) is 56.8 cm³/mol. The number of hydrogen-bond donors (Lipinski definition) is 1. The molecule has 0 aromatic carbocycles. The molecule has 1 heterocycles. The Morgan fingerprint density at radius 3 is 2.76 bits per heavy atom. The van der Waals surface area contributed by atoms with E-state index in [9.17, 15) is 19.3 Å². The Balaban J connectivity index is 2.19. The van der Waals surface area contributed by atoms with Crippen molar-refractivity contribution in [1.82, 2.24) is 4.98 Å². The van der Waals surface area contributed by atoms with E-state index >= 15 is 0 Å². The first-order valence-corrected chi connectivity index (χ1v) is 5.19. The van der Waals surface area contributed by atoms with Crippen LogP contribution < -0.4 is 5.32 Å². The molecule has 1 N–H and O–H groups in total. The van der Waals surface area contributed by atoms with Gasteiger partial charge in [-0.1, -0.05) is 6.42 Å². The number of rotatable bonds is 3. The first-order valence-electron chi connectivity index (χ1n) is 5.19. The summed E-state index contributed by atoms with van der Waals surface area (Å²) < 4.78 is 12.8. The van der Waals surface area contributed by atoms with E-state index in [1.807, 2.05) is 0 Å². The van der Waals surface area contributed by atoms with Crippen molar-refractivity contribution in [3.63, 3.8) is 0 Å². The first-order chi connectivity index (χ1) is 8.08. The van der Waals surface area contributed by atoms with Crippen molar-refractivity contribution in [2.45, 2.75) is 19.3 Å². The molecule has 0 radical (unpaired) electrons. The van der Waals surface area contributed by atoms with Crippen molar-refractivity contribution in [2.24, 2.45) is 5.92 Å². The van der Waals surface area contributed by atoms with Gasteiger partial charge in [0.2, 0.25) is 5.91 Å². The number of carbonyl (C=O) groups is 1. The number of nitrogens with one attached hydrogen (secondary N) is 1. The van der Waals surface area contributed by atoms with Crippen LogP contribution in [0.1, 0.15) is 19.3 Å². The molecule has 1 fully saturated rings. The van der Waals surface area contributed by atoms with Gasteiger partial charge in [0.15, 0.2) is 0 Å². The fraction of sp³-hybridized carbons (Fsp3) is 0.400. The van der Waals surface area contributed by atoms with Crippen LogP contribution >= 0.6 is 0 Å². The fourth-order valence-electron chi connectivity index (χ4n) is 1.57. The van der Waals surface area contributed by atoms with E-state index < -0.39 is 16.7 Å². The molecule has 0 spiro atoms. The quantitative estimate of drug-likeness (QED) is 0.495. The zero-order valence-electron chi connectivity index (χ0n) is 8.85. The second-order valence-electron chi connectivity index (χ2n) is 3.88. The lowest BCUT2D eigenvalue weighted by Gasteiger charge is -2.23. The molecule has 1 aromatic heterocycles. The number of aromatic nitrogens is 1. The molecular formula is C10H10FN3O3. The minimum absolute atomic E-state index is 0.0618. The Labute approximate surface area is 96.0 Å². The van der Waals surface area contributed by atoms with Crippen LogP contribution in [-0.2, 0) is 4.79 Å². The molecule has 17 heavy (non-hydrogen) atoms. The van der Waals surface area contributed by atoms with Gasteiger partial charge in [0.25, 0.3) is 0 Å². The van der Waals surface area contributed by atoms with Crippen molar-refractivity contribution in [3.8, 4) is 0 Å². The van der Waals surface area contributed by atoms with E-state index in [2.05, 4.69) is 10.3 Å². The molecule has 1 saturated carbocycles. The van der Waals surface area contributed by atoms with Gasteiger partial charge < -0.3 is 15.4 Å². The molecule has 0 aliphatic heterocycles. The average Bonchev–Trinajstić information content (AvgIpc) is 2.17. The number of nitrogens with zero attached hydrogens (tertiary/aromatic N) is 2. The molecule has 2 rings (SSSR count). The Bertz CT molecular complexity index is 474. The van der Waals surface area contributed by atoms with E-state index in [4.69, 9.17) is 0 Å². The SMILES string of the molecule is O=C(Nc1ccc(F)nc1[N+](=O)[O-])C1CCC1. The molecule has 0 atom stereocenters. The maximum absolute atomic E-state index is 12.8. The molecule has 6 nitrogen and oxygen atoms in total. The lowest BCUT2D eigenvalue weighted by molar-refractivity contribution is -0.388. The largest absolute Gasteiger partial charge is 0.390 e. The van der Waals surface area contributed by atoms with Gasteiger partial charge >= 0.3 is 11.8 Å². The summed E-state index contributed by atoms with van der Waals surface area (Å²) in [7, 11) is 0. The molecule has 7 heteroatoms. The average molecular weight is 239 g/mol. The van der Waals surface area contributed by atoms with Gasteiger partial charge in [-0.2, -0.15) is 4.39 Å². The third kappa shape index (κ3) is 2.38. The number of nitro groups is 1. The van der Waals surface area contributed by atoms with Crippen LogP contribution in [0.5, 0.6) is 0 Å². The van der Waals surface area contributed by atoms with E-state index in [0.717, 1.165) is 31.4 Å². The minimum atomic E-state index is -0.946. The van der Waals surface area contributed by atoms with Crippen LogP contribution in [0.4, 0.5) is 15.9 Å². The van der Waals surface area contributed by atoms with Crippen molar-refractivity contribution in [1.29, 1.82) is 0 Å². The maximum atomic E-state index is 12.8. The van der Waals surface area contributed by atoms with Gasteiger partial charge in [0.05, 0.1) is 0 Å². The minimum Gasteiger partial charge on any atom is -0.358 e. The van der Waals surface area contributed by atoms with Crippen molar-refractivity contribution in [2.75, 3.05) is 5.32 Å². The second kappa shape index (κ2) is 4.44. The smallest absolute Gasteiger partial charge is 0.358 e. The molecule has 1 amide bonds. The van der Waals surface area contributed by atoms with Crippen LogP contribution in [-0.4, -0.2) is 15.8 Å². The van der Waals surface area contributed by atoms with Crippen molar-refractivity contribution in [3.05, 3.63) is 28.2 Å². The number of pyridine rings is 1. The molecule has 0 unspecified atom stereocenters. The molecule has 1 aromatic rings. The molecule has 1 aliphatic rings. The van der Waals surface area contributed by atoms with Crippen molar-refractivity contribution < 1.29 is 14.1 Å². The van der Waals surface area contributed by atoms with Gasteiger partial charge in [-0.25, -0.2) is 0 Å². The highest BCUT2D eigenvalue weighted by Crippen LogP contribution is 2.29. The Morgan fingerprint density at radius 2 is 2.24 bits per heavy atom. The van der Waals surface area contributed by atoms with Crippen LogP contribution in [0, 0.1) is 22.0 Å². The lowest BCUT2D eigenvalue weighted by atomic mass is 9.85. The fourth-order valence-corrected chi connectivity index (χ4v) is 1.57. The Kier molecular flexibility index (Phi) is 2.99. The van der Waals surface area contributed by atoms with Crippen LogP contribution in [0.25, 0.3) is 0 Å². The molecule has 1 aliphatic carbocycles. The number of hydrogen-bond acceptors (Lipinski definition) is 4. The van der Waals surface area contributed by atoms with Crippen molar-refractivity contribution >= 4 is 17.4 Å². The van der Waals surface area contributed by atoms with Crippen LogP contribution in [0.2, 0.25) is 0 Å². The molecule has 0 bridgehead atoms. The number of carbonyl (C=O) groups excluding carboxylic acids is 1. The monoisotopic (exact) mass is 239 g/mol. The molecule has 0 saturated heterocycles. The van der Waals surface area contributed by atoms with Gasteiger partial charge in [-0.05, 0) is 28.8 Å². The van der Waals surface area contributed by atoms with Gasteiger partial charge in [-0.15, -0.1) is 0 Å². The number of anilines is 1. The second-order valence-corrected chi connectivity index (χ2v) is 3.88. The number of amides is 1. The highest BCUT2D eigenvalue weighted by molar-refractivity contribution is 5.94. The summed E-state index contributed by atoms with van der Waals surface area (Å²) in [4.78, 5) is 24.6. The van der Waals surface area contributed by atoms with Crippen LogP contribution in [0.15, 0.2) is 12.1 Å². The highest BCUT2D eigenvalue weighted by atomic mass is 19.1. The van der Waals surface area contributed by atoms with Gasteiger partial charge in [0, 0.05) is 12.0 Å². The Morgan fingerprint density at radius 1 is 1.53 bits per heavy atom. The summed E-state index contributed by atoms with van der Waals surface area (Å²) in [5.41, 5.74) is -0.0618. The topological polar surface area (TPSA) is 85.1 Å². The third-order valence-corrected chi connectivity index (χ3v) is 2.75. The van der Waals surface area contributed by atoms with E-state index in [1.165, 1.54) is 0 Å². The summed E-state index contributed by atoms with van der Waals surface area (Å²) in [6.45, 7) is 0. The summed E-state index contributed by atoms with van der Waals surface area (Å²) >= 11 is 0. The van der Waals surface area contributed by atoms with E-state index in [-0.39, 0.29) is 17.5 Å². The summed E-state index contributed by atoms with van der Waals surface area (Å²) in [6, 6.07) is 2.13. The summed E-state index contributed by atoms with van der Waals surface area (Å²) in [5, 5.41) is 13.0. The standard InChI is InChI=1S/C10H10FN3O3/c11-8-5-4-7(9(13-8)14(16)17)12-10(15)6-2-1-3-6/h4-6H,1-3H2,(H,12,15). The van der Waals surface area contributed by atoms with Gasteiger partial charge in [0.1, 0.15) is 5.69 Å². The molecular weight excluding hydrogens is 229 g/mol. The van der Waals surface area contributed by atoms with E-state index in [0.29, 0.717) is 0 Å². The maximum Gasteiger partial charge on any atom is 0.390 e. The third-order valence-electron chi connectivity index (χ3n) is 2.75. The first kappa shape index (κ1) is 11.4. The van der Waals surface area contributed by atoms with Crippen LogP contribution in [0.3, 0.4) is 0 Å². The normalized spacial score (nSPS) is 15.1. The van der Waals surface area contributed by atoms with Gasteiger partial charge in [-0.3, -0.25) is 4.79 Å². The number of halogens is 1. The zero-order valence-corrected chi connectivity index (χ0v) is 8.85.